The molecule has 108 valence electrons. The van der Waals surface area contributed by atoms with Gasteiger partial charge in [0.15, 0.2) is 0 Å². The van der Waals surface area contributed by atoms with Crippen molar-refractivity contribution in [3.63, 3.8) is 0 Å². The van der Waals surface area contributed by atoms with E-state index < -0.39 is 7.14 Å². The molecule has 1 aliphatic heterocycles. The van der Waals surface area contributed by atoms with Crippen LogP contribution in [0.2, 0.25) is 0 Å². The Kier molecular flexibility index (Phi) is 5.38. The molecule has 0 bridgehead atoms. The highest BCUT2D eigenvalue weighted by molar-refractivity contribution is 9.12. The van der Waals surface area contributed by atoms with Gasteiger partial charge in [-0.05, 0) is 0 Å². The van der Waals surface area contributed by atoms with Gasteiger partial charge in [0.2, 0.25) is 0 Å². The number of hydrogen-bond donors (Lipinski definition) is 0. The Bertz CT molecular complexity index is 531. The lowest BCUT2D eigenvalue weighted by molar-refractivity contribution is -0.117. The van der Waals surface area contributed by atoms with Crippen LogP contribution in [0.3, 0.4) is 0 Å². The number of benzene rings is 1. The van der Waals surface area contributed by atoms with E-state index in [4.69, 9.17) is 0 Å². The van der Waals surface area contributed by atoms with E-state index in [1.165, 1.54) is 0 Å². The van der Waals surface area contributed by atoms with E-state index in [9.17, 15) is 14.2 Å². The number of Topliss-reactive ketones (excluding diaryl/α,β-unsaturated/α-hetero) is 2. The van der Waals surface area contributed by atoms with Crippen LogP contribution in [0.5, 0.6) is 0 Å². The zero-order valence-corrected chi connectivity index (χ0v) is 14.9. The van der Waals surface area contributed by atoms with Gasteiger partial charge in [0.25, 0.3) is 0 Å². The van der Waals surface area contributed by atoms with Crippen molar-refractivity contribution in [1.82, 2.24) is 0 Å². The lowest BCUT2D eigenvalue weighted by atomic mass is 10.1. The zero-order valence-electron chi connectivity index (χ0n) is 10.8. The van der Waals surface area contributed by atoms with Crippen molar-refractivity contribution in [1.29, 1.82) is 0 Å². The fourth-order valence-electron chi connectivity index (χ4n) is 2.33. The Morgan fingerprint density at radius 3 is 1.80 bits per heavy atom. The number of alkyl halides is 2. The topological polar surface area (TPSA) is 51.2 Å². The third-order valence-corrected chi connectivity index (χ3v) is 8.93. The van der Waals surface area contributed by atoms with Gasteiger partial charge in [-0.2, -0.15) is 0 Å². The van der Waals surface area contributed by atoms with Gasteiger partial charge in [-0.3, -0.25) is 9.59 Å². The quantitative estimate of drug-likeness (QED) is 0.517. The minimum atomic E-state index is -2.97. The average Bonchev–Trinajstić information content (AvgIpc) is 2.41. The molecule has 0 aliphatic carbocycles. The van der Waals surface area contributed by atoms with Crippen LogP contribution in [-0.4, -0.2) is 33.5 Å². The maximum absolute atomic E-state index is 13.1. The molecule has 0 unspecified atom stereocenters. The lowest BCUT2D eigenvalue weighted by Gasteiger charge is -2.16. The molecule has 20 heavy (non-hydrogen) atoms. The second kappa shape index (κ2) is 6.67. The summed E-state index contributed by atoms with van der Waals surface area (Å²) in [5, 5.41) is 0.626. The van der Waals surface area contributed by atoms with Crippen molar-refractivity contribution in [2.24, 2.45) is 0 Å². The molecule has 0 N–H and O–H groups in total. The van der Waals surface area contributed by atoms with E-state index in [0.717, 1.165) is 0 Å². The van der Waals surface area contributed by atoms with Crippen LogP contribution in [0.1, 0.15) is 12.8 Å². The summed E-state index contributed by atoms with van der Waals surface area (Å²) >= 11 is 6.85. The molecular formula is C14H15Br2O3P. The number of ketones is 2. The van der Waals surface area contributed by atoms with Gasteiger partial charge >= 0.3 is 0 Å². The maximum Gasteiger partial charge on any atom is 0.141 e. The SMILES string of the molecule is O=C1C[C@H](Br)[C@@H](Br)CC(=O)CP(=O)(c2ccccc2)C1. The molecule has 1 aliphatic rings. The molecule has 3 nitrogen and oxygen atoms in total. The van der Waals surface area contributed by atoms with Gasteiger partial charge in [0.05, 0.1) is 12.3 Å². The van der Waals surface area contributed by atoms with Crippen molar-refractivity contribution in [3.8, 4) is 0 Å². The predicted molar refractivity (Wildman–Crippen MR) is 88.1 cm³/mol. The van der Waals surface area contributed by atoms with Crippen molar-refractivity contribution in [2.45, 2.75) is 22.5 Å². The zero-order chi connectivity index (χ0) is 14.8. The third-order valence-electron chi connectivity index (χ3n) is 3.33. The van der Waals surface area contributed by atoms with Gasteiger partial charge < -0.3 is 4.57 Å². The van der Waals surface area contributed by atoms with Gasteiger partial charge in [-0.1, -0.05) is 62.2 Å². The van der Waals surface area contributed by atoms with E-state index in [-0.39, 0.29) is 33.5 Å². The minimum Gasteiger partial charge on any atom is -0.318 e. The van der Waals surface area contributed by atoms with Crippen LogP contribution in [0.15, 0.2) is 30.3 Å². The molecule has 1 heterocycles. The largest absolute Gasteiger partial charge is 0.318 e. The molecule has 1 aromatic carbocycles. The maximum atomic E-state index is 13.1. The first kappa shape index (κ1) is 16.1. The summed E-state index contributed by atoms with van der Waals surface area (Å²) in [5.74, 6) is -0.114. The molecule has 1 aromatic rings. The minimum absolute atomic E-state index is 0.0232. The Morgan fingerprint density at radius 1 is 0.900 bits per heavy atom. The molecule has 1 fully saturated rings. The molecule has 0 saturated carbocycles. The molecule has 2 rings (SSSR count). The fourth-order valence-corrected chi connectivity index (χ4v) is 6.01. The Balaban J connectivity index is 2.35. The number of halogens is 2. The monoisotopic (exact) mass is 420 g/mol. The van der Waals surface area contributed by atoms with E-state index in [1.807, 2.05) is 6.07 Å². The van der Waals surface area contributed by atoms with Gasteiger partial charge in [-0.25, -0.2) is 0 Å². The predicted octanol–water partition coefficient (Wildman–Crippen LogP) is 3.13. The molecule has 6 heteroatoms. The van der Waals surface area contributed by atoms with Gasteiger partial charge in [0, 0.05) is 27.8 Å². The molecule has 0 aromatic heterocycles. The van der Waals surface area contributed by atoms with Crippen LogP contribution < -0.4 is 5.30 Å². The Hall–Kier alpha value is -0.250. The number of rotatable bonds is 1. The molecular weight excluding hydrogens is 407 g/mol. The van der Waals surface area contributed by atoms with Crippen LogP contribution in [0, 0.1) is 0 Å². The van der Waals surface area contributed by atoms with Crippen LogP contribution in [-0.2, 0) is 14.2 Å². The lowest BCUT2D eigenvalue weighted by Crippen LogP contribution is -2.20. The van der Waals surface area contributed by atoms with Crippen molar-refractivity contribution in [2.75, 3.05) is 12.3 Å². The summed E-state index contributed by atoms with van der Waals surface area (Å²) in [7, 11) is -2.97. The van der Waals surface area contributed by atoms with Crippen LogP contribution >= 0.6 is 39.0 Å². The van der Waals surface area contributed by atoms with Crippen LogP contribution in [0.25, 0.3) is 0 Å². The fraction of sp³-hybridized carbons (Fsp3) is 0.429. The molecule has 2 atom stereocenters. The second-order valence-electron chi connectivity index (χ2n) is 5.06. The van der Waals surface area contributed by atoms with Gasteiger partial charge in [-0.15, -0.1) is 0 Å². The first-order chi connectivity index (χ1) is 9.40. The molecule has 0 spiro atoms. The average molecular weight is 422 g/mol. The first-order valence-electron chi connectivity index (χ1n) is 6.36. The number of carbonyl (C=O) groups excluding carboxylic acids is 2. The highest BCUT2D eigenvalue weighted by atomic mass is 79.9. The highest BCUT2D eigenvalue weighted by Gasteiger charge is 2.35. The van der Waals surface area contributed by atoms with E-state index in [0.29, 0.717) is 18.1 Å². The summed E-state index contributed by atoms with van der Waals surface area (Å²) in [6.45, 7) is 0. The molecule has 0 amide bonds. The Morgan fingerprint density at radius 2 is 1.35 bits per heavy atom. The Labute approximate surface area is 135 Å². The number of hydrogen-bond acceptors (Lipinski definition) is 3. The van der Waals surface area contributed by atoms with E-state index >= 15 is 0 Å². The summed E-state index contributed by atoms with van der Waals surface area (Å²) < 4.78 is 13.1. The van der Waals surface area contributed by atoms with Crippen molar-refractivity contribution in [3.05, 3.63) is 30.3 Å². The second-order valence-corrected chi connectivity index (χ2v) is 10.3. The normalized spacial score (nSPS) is 27.5. The van der Waals surface area contributed by atoms with E-state index in [1.54, 1.807) is 24.3 Å². The molecule has 1 saturated heterocycles. The van der Waals surface area contributed by atoms with E-state index in [2.05, 4.69) is 31.9 Å². The van der Waals surface area contributed by atoms with Gasteiger partial charge in [0.1, 0.15) is 18.7 Å². The summed E-state index contributed by atoms with van der Waals surface area (Å²) in [4.78, 5) is 24.0. The summed E-state index contributed by atoms with van der Waals surface area (Å²) in [6, 6.07) is 8.90. The van der Waals surface area contributed by atoms with Crippen LogP contribution in [0.4, 0.5) is 0 Å². The summed E-state index contributed by atoms with van der Waals surface area (Å²) in [6.07, 6.45) is 0.537. The van der Waals surface area contributed by atoms with Crippen molar-refractivity contribution < 1.29 is 14.2 Å². The smallest absolute Gasteiger partial charge is 0.141 e. The molecule has 0 radical (unpaired) electrons. The first-order valence-corrected chi connectivity index (χ1v) is 10.3. The number of carbonyl (C=O) groups is 2. The standard InChI is InChI=1S/C14H15Br2O3P/c15-13-6-10(17)8-20(19,9-11(18)7-14(13)16)12-4-2-1-3-5-12/h1-5,13-14H,6-9H2/t13-,14-/m0/s1. The highest BCUT2D eigenvalue weighted by Crippen LogP contribution is 2.46. The van der Waals surface area contributed by atoms with Crippen molar-refractivity contribution >= 4 is 55.9 Å². The summed E-state index contributed by atoms with van der Waals surface area (Å²) in [5.41, 5.74) is 0. The third kappa shape index (κ3) is 3.90.